The van der Waals surface area contributed by atoms with Crippen molar-refractivity contribution >= 4 is 47.8 Å². The summed E-state index contributed by atoms with van der Waals surface area (Å²) in [5, 5.41) is 21.9. The van der Waals surface area contributed by atoms with E-state index in [9.17, 15) is 29.4 Å². The number of hydrogen-bond donors (Lipinski definition) is 0. The second-order valence-electron chi connectivity index (χ2n) is 16.1. The summed E-state index contributed by atoms with van der Waals surface area (Å²) in [6.45, 7) is 17.1. The van der Waals surface area contributed by atoms with E-state index in [1.54, 1.807) is 24.3 Å². The van der Waals surface area contributed by atoms with Gasteiger partial charge in [0, 0.05) is 11.1 Å². The van der Waals surface area contributed by atoms with Gasteiger partial charge in [-0.3, -0.25) is 0 Å². The fourth-order valence-electron chi connectivity index (χ4n) is 6.30. The molecule has 8 nitrogen and oxygen atoms in total. The first-order valence-corrected chi connectivity index (χ1v) is 25.0. The summed E-state index contributed by atoms with van der Waals surface area (Å²) in [6, 6.07) is 11.9. The van der Waals surface area contributed by atoms with E-state index in [1.807, 2.05) is 0 Å². The molecule has 2 aromatic carbocycles. The summed E-state index contributed by atoms with van der Waals surface area (Å²) in [5.74, 6) is -3.95. The quantitative estimate of drug-likeness (QED) is 0.0293. The number of carboxylic acid groups (broad SMARTS) is 2. The number of aromatic carboxylic acids is 2. The minimum absolute atomic E-state index is 0. The third-order valence-electron chi connectivity index (χ3n) is 10.2. The predicted octanol–water partition coefficient (Wildman–Crippen LogP) is 13.8. The van der Waals surface area contributed by atoms with Gasteiger partial charge in [0.2, 0.25) is 0 Å². The van der Waals surface area contributed by atoms with Crippen molar-refractivity contribution in [1.82, 2.24) is 0 Å². The molecular weight excluding hydrogens is 919 g/mol. The van der Waals surface area contributed by atoms with E-state index in [4.69, 9.17) is 9.47 Å². The van der Waals surface area contributed by atoms with E-state index in [2.05, 4.69) is 65.8 Å². The molecule has 2 rings (SSSR count). The Balaban J connectivity index is -0.000000878. The molecule has 0 aromatic heterocycles. The number of carboxylic acids is 2. The summed E-state index contributed by atoms with van der Waals surface area (Å²) in [7, 11) is 0. The molecule has 0 saturated carbocycles. The second-order valence-corrected chi connectivity index (χ2v) is 16.1. The van der Waals surface area contributed by atoms with Crippen molar-refractivity contribution in [2.45, 2.75) is 207 Å². The molecule has 0 bridgehead atoms. The van der Waals surface area contributed by atoms with Crippen molar-refractivity contribution in [3.8, 4) is 0 Å². The van der Waals surface area contributed by atoms with E-state index in [1.165, 1.54) is 127 Å². The minimum atomic E-state index is -1.37. The zero-order valence-electron chi connectivity index (χ0n) is 41.3. The predicted molar refractivity (Wildman–Crippen MR) is 269 cm³/mol. The average Bonchev–Trinajstić information content (AvgIpc) is 3.30. The van der Waals surface area contributed by atoms with Crippen molar-refractivity contribution in [2.75, 3.05) is 13.2 Å². The first-order chi connectivity index (χ1) is 31.2. The molecule has 0 heterocycles. The van der Waals surface area contributed by atoms with Gasteiger partial charge in [-0.25, -0.2) is 9.59 Å². The first-order valence-electron chi connectivity index (χ1n) is 25.0. The molecule has 0 saturated heterocycles. The van der Waals surface area contributed by atoms with Crippen LogP contribution in [-0.2, 0) is 9.47 Å². The van der Waals surface area contributed by atoms with Crippen molar-refractivity contribution in [2.24, 2.45) is 0 Å². The molecule has 0 unspecified atom stereocenters. The van der Waals surface area contributed by atoms with Gasteiger partial charge in [0.1, 0.15) is 0 Å². The van der Waals surface area contributed by atoms with E-state index in [0.717, 1.165) is 77.0 Å². The number of esters is 2. The molecule has 0 aliphatic carbocycles. The second kappa shape index (κ2) is 51.6. The molecule has 0 N–H and O–H groups in total. The van der Waals surface area contributed by atoms with Gasteiger partial charge >= 0.3 is 35.8 Å². The fourth-order valence-corrected chi connectivity index (χ4v) is 6.30. The van der Waals surface area contributed by atoms with E-state index in [0.29, 0.717) is 13.2 Å². The largest absolute Gasteiger partial charge is 2.00 e. The number of unbranched alkanes of at least 4 members (excludes halogenated alkanes) is 22. The summed E-state index contributed by atoms with van der Waals surface area (Å²) in [6.07, 6.45) is 42.5. The minimum Gasteiger partial charge on any atom is -0.545 e. The third kappa shape index (κ3) is 41.7. The topological polar surface area (TPSA) is 133 Å². The number of rotatable bonds is 34. The summed E-state index contributed by atoms with van der Waals surface area (Å²) in [4.78, 5) is 45.7. The molecule has 65 heavy (non-hydrogen) atoms. The Hall–Kier alpha value is -3.40. The zero-order valence-corrected chi connectivity index (χ0v) is 44.2. The Morgan fingerprint density at radius 1 is 0.415 bits per heavy atom. The first kappa shape index (κ1) is 65.9. The Bertz CT molecular complexity index is 1350. The summed E-state index contributed by atoms with van der Waals surface area (Å²) >= 11 is 0. The molecule has 0 spiro atoms. The van der Waals surface area contributed by atoms with Crippen LogP contribution in [0.25, 0.3) is 0 Å². The fraction of sp³-hybridized carbons (Fsp3) is 0.607. The van der Waals surface area contributed by atoms with Gasteiger partial charge in [-0.1, -0.05) is 205 Å². The molecular formula is C56H88O8Sn. The van der Waals surface area contributed by atoms with Gasteiger partial charge in [0.05, 0.1) is 36.3 Å². The number of ether oxygens (including phenoxy) is 2. The van der Waals surface area contributed by atoms with Gasteiger partial charge < -0.3 is 29.3 Å². The zero-order chi connectivity index (χ0) is 47.7. The van der Waals surface area contributed by atoms with Crippen molar-refractivity contribution in [3.63, 3.8) is 0 Å². The maximum absolute atomic E-state index is 11.9. The molecule has 0 amide bonds. The van der Waals surface area contributed by atoms with Crippen LogP contribution in [0.15, 0.2) is 72.8 Å². The smallest absolute Gasteiger partial charge is 0.545 e. The number of benzene rings is 2. The Labute approximate surface area is 414 Å². The van der Waals surface area contributed by atoms with Crippen LogP contribution in [0.3, 0.4) is 0 Å². The molecule has 9 heteroatoms. The van der Waals surface area contributed by atoms with Crippen LogP contribution in [0.1, 0.15) is 249 Å². The van der Waals surface area contributed by atoms with E-state index in [-0.39, 0.29) is 46.2 Å². The van der Waals surface area contributed by atoms with Crippen LogP contribution in [0.5, 0.6) is 0 Å². The third-order valence-corrected chi connectivity index (χ3v) is 10.2. The normalized spacial score (nSPS) is 10.4. The molecule has 0 atom stereocenters. The van der Waals surface area contributed by atoms with Crippen LogP contribution in [0, 0.1) is 13.8 Å². The van der Waals surface area contributed by atoms with Crippen molar-refractivity contribution in [1.29, 1.82) is 0 Å². The maximum Gasteiger partial charge on any atom is 2.00 e. The monoisotopic (exact) mass is 1010 g/mol. The Morgan fingerprint density at radius 3 is 0.969 bits per heavy atom. The summed E-state index contributed by atoms with van der Waals surface area (Å²) in [5.41, 5.74) is -0.161. The molecule has 0 aliphatic heterocycles. The van der Waals surface area contributed by atoms with Gasteiger partial charge in [0.15, 0.2) is 0 Å². The molecule has 0 fully saturated rings. The average molecular weight is 1010 g/mol. The standard InChI is InChI=1S/2C20H28O4.2C8H17.Sn/c2*1-2-3-4-5-6-7-8-9-10-13-16-24-20(23)18-15-12-11-14-17(18)19(21)22;2*1-3-5-7-8-6-4-2;/h2*6-7,11-12,14-15H,2-5,8-10,13,16H2,1H3,(H,21,22);2*1,3-8H2,2H3;/q;;;;+2/p-2/b2*7-6+;;;. The number of hydrogen-bond acceptors (Lipinski definition) is 8. The van der Waals surface area contributed by atoms with Crippen LogP contribution in [-0.4, -0.2) is 61.0 Å². The van der Waals surface area contributed by atoms with Gasteiger partial charge in [-0.15, -0.1) is 0 Å². The van der Waals surface area contributed by atoms with Crippen LogP contribution < -0.4 is 10.2 Å². The van der Waals surface area contributed by atoms with E-state index >= 15 is 0 Å². The molecule has 364 valence electrons. The Kier molecular flexibility index (Phi) is 52.3. The van der Waals surface area contributed by atoms with Crippen LogP contribution in [0.2, 0.25) is 0 Å². The van der Waals surface area contributed by atoms with Crippen LogP contribution in [0.4, 0.5) is 0 Å². The van der Waals surface area contributed by atoms with Gasteiger partial charge in [-0.2, -0.15) is 0 Å². The molecule has 2 aromatic rings. The molecule has 0 aliphatic rings. The maximum atomic E-state index is 11.9. The number of carbonyl (C=O) groups is 4. The van der Waals surface area contributed by atoms with Gasteiger partial charge in [-0.05, 0) is 89.2 Å². The Morgan fingerprint density at radius 2 is 0.677 bits per heavy atom. The number of allylic oxidation sites excluding steroid dienone is 4. The van der Waals surface area contributed by atoms with E-state index < -0.39 is 23.9 Å². The van der Waals surface area contributed by atoms with Crippen molar-refractivity contribution in [3.05, 3.63) is 109 Å². The SMILES string of the molecule is CCCCC/C=C/CCCCCOC(=O)c1ccccc1C(=O)[O-].CCCCC/C=C/CCCCCOC(=O)c1ccccc1C(=O)[O-].[CH2]CCCCCCC.[CH2]CCCCCCC.[Sn+2]. The summed E-state index contributed by atoms with van der Waals surface area (Å²) < 4.78 is 10.3. The van der Waals surface area contributed by atoms with Crippen molar-refractivity contribution < 1.29 is 38.9 Å². The van der Waals surface area contributed by atoms with Crippen LogP contribution >= 0.6 is 0 Å². The molecule has 4 radical (unpaired) electrons. The number of carbonyl (C=O) groups excluding carboxylic acids is 4. The van der Waals surface area contributed by atoms with Gasteiger partial charge in [0.25, 0.3) is 0 Å².